The summed E-state index contributed by atoms with van der Waals surface area (Å²) in [6, 6.07) is 7.68. The standard InChI is InChI=1S/C17H20FN3O2/c1-12(22)11-15-3-2-9-20(15)17(23)16-8-10-21(19-16)14-6-4-13(18)5-7-14/h4-8,10,12,15,22H,2-3,9,11H2,1H3. The molecule has 1 aliphatic rings. The van der Waals surface area contributed by atoms with Crippen molar-refractivity contribution in [3.8, 4) is 5.69 Å². The van der Waals surface area contributed by atoms with Gasteiger partial charge in [0.1, 0.15) is 5.82 Å². The van der Waals surface area contributed by atoms with Crippen LogP contribution in [-0.2, 0) is 0 Å². The van der Waals surface area contributed by atoms with Crippen LogP contribution in [0.4, 0.5) is 4.39 Å². The minimum atomic E-state index is -0.426. The predicted octanol–water partition coefficient (Wildman–Crippen LogP) is 2.39. The van der Waals surface area contributed by atoms with Crippen LogP contribution in [0.15, 0.2) is 36.5 Å². The van der Waals surface area contributed by atoms with Crippen molar-refractivity contribution in [2.45, 2.75) is 38.3 Å². The summed E-state index contributed by atoms with van der Waals surface area (Å²) in [6.45, 7) is 2.43. The molecule has 0 aliphatic carbocycles. The van der Waals surface area contributed by atoms with Crippen molar-refractivity contribution in [3.63, 3.8) is 0 Å². The molecular weight excluding hydrogens is 297 g/mol. The number of amides is 1. The van der Waals surface area contributed by atoms with Crippen molar-refractivity contribution < 1.29 is 14.3 Å². The van der Waals surface area contributed by atoms with Gasteiger partial charge in [0, 0.05) is 18.8 Å². The lowest BCUT2D eigenvalue weighted by atomic mass is 10.1. The molecule has 1 aromatic carbocycles. The van der Waals surface area contributed by atoms with Gasteiger partial charge in [-0.25, -0.2) is 9.07 Å². The molecule has 23 heavy (non-hydrogen) atoms. The average Bonchev–Trinajstić information content (AvgIpc) is 3.16. The lowest BCUT2D eigenvalue weighted by Crippen LogP contribution is -2.37. The zero-order chi connectivity index (χ0) is 16.4. The van der Waals surface area contributed by atoms with Gasteiger partial charge in [0.05, 0.1) is 11.8 Å². The summed E-state index contributed by atoms with van der Waals surface area (Å²) in [6.07, 6.45) is 3.71. The molecule has 1 aliphatic heterocycles. The number of benzene rings is 1. The van der Waals surface area contributed by atoms with Gasteiger partial charge in [0.2, 0.25) is 0 Å². The molecule has 2 atom stereocenters. The lowest BCUT2D eigenvalue weighted by molar-refractivity contribution is 0.0676. The zero-order valence-corrected chi connectivity index (χ0v) is 13.0. The van der Waals surface area contributed by atoms with Gasteiger partial charge in [0.15, 0.2) is 5.69 Å². The fourth-order valence-corrected chi connectivity index (χ4v) is 3.06. The van der Waals surface area contributed by atoms with E-state index in [0.29, 0.717) is 24.3 Å². The van der Waals surface area contributed by atoms with Gasteiger partial charge in [-0.05, 0) is 56.5 Å². The van der Waals surface area contributed by atoms with Crippen molar-refractivity contribution in [2.75, 3.05) is 6.54 Å². The number of carbonyl (C=O) groups is 1. The Morgan fingerprint density at radius 2 is 2.13 bits per heavy atom. The molecule has 2 unspecified atom stereocenters. The van der Waals surface area contributed by atoms with E-state index >= 15 is 0 Å². The molecule has 0 radical (unpaired) electrons. The predicted molar refractivity (Wildman–Crippen MR) is 83.9 cm³/mol. The van der Waals surface area contributed by atoms with Crippen LogP contribution in [0.5, 0.6) is 0 Å². The highest BCUT2D eigenvalue weighted by atomic mass is 19.1. The molecule has 122 valence electrons. The van der Waals surface area contributed by atoms with Crippen molar-refractivity contribution in [1.82, 2.24) is 14.7 Å². The third-order valence-electron chi connectivity index (χ3n) is 4.15. The minimum Gasteiger partial charge on any atom is -0.393 e. The van der Waals surface area contributed by atoms with Crippen LogP contribution >= 0.6 is 0 Å². The van der Waals surface area contributed by atoms with Gasteiger partial charge in [-0.1, -0.05) is 0 Å². The van der Waals surface area contributed by atoms with Crippen LogP contribution in [0.25, 0.3) is 5.69 Å². The maximum Gasteiger partial charge on any atom is 0.274 e. The first-order valence-corrected chi connectivity index (χ1v) is 7.85. The summed E-state index contributed by atoms with van der Waals surface area (Å²) in [5.41, 5.74) is 1.07. The molecule has 1 N–H and O–H groups in total. The van der Waals surface area contributed by atoms with Crippen LogP contribution < -0.4 is 0 Å². The molecule has 1 saturated heterocycles. The maximum absolute atomic E-state index is 13.0. The highest BCUT2D eigenvalue weighted by molar-refractivity contribution is 5.92. The van der Waals surface area contributed by atoms with Gasteiger partial charge >= 0.3 is 0 Å². The summed E-state index contributed by atoms with van der Waals surface area (Å²) in [7, 11) is 0. The van der Waals surface area contributed by atoms with Gasteiger partial charge in [0.25, 0.3) is 5.91 Å². The van der Waals surface area contributed by atoms with E-state index < -0.39 is 6.10 Å². The first-order chi connectivity index (χ1) is 11.0. The zero-order valence-electron chi connectivity index (χ0n) is 13.0. The van der Waals surface area contributed by atoms with Gasteiger partial charge in [-0.2, -0.15) is 5.10 Å². The molecule has 0 saturated carbocycles. The van der Waals surface area contributed by atoms with Gasteiger partial charge in [-0.3, -0.25) is 4.79 Å². The minimum absolute atomic E-state index is 0.0680. The first-order valence-electron chi connectivity index (χ1n) is 7.85. The Labute approximate surface area is 134 Å². The quantitative estimate of drug-likeness (QED) is 0.942. The smallest absolute Gasteiger partial charge is 0.274 e. The van der Waals surface area contributed by atoms with Crippen LogP contribution in [0.1, 0.15) is 36.7 Å². The summed E-state index contributed by atoms with van der Waals surface area (Å²) in [5.74, 6) is -0.427. The second-order valence-corrected chi connectivity index (χ2v) is 6.00. The van der Waals surface area contributed by atoms with Crippen molar-refractivity contribution in [1.29, 1.82) is 0 Å². The number of nitrogens with zero attached hydrogens (tertiary/aromatic N) is 3. The van der Waals surface area contributed by atoms with Gasteiger partial charge < -0.3 is 10.0 Å². The highest BCUT2D eigenvalue weighted by Crippen LogP contribution is 2.23. The topological polar surface area (TPSA) is 58.4 Å². The Morgan fingerprint density at radius 1 is 1.39 bits per heavy atom. The van der Waals surface area contributed by atoms with Crippen molar-refractivity contribution >= 4 is 5.91 Å². The SMILES string of the molecule is CC(O)CC1CCCN1C(=O)c1ccn(-c2ccc(F)cc2)n1. The van der Waals surface area contributed by atoms with E-state index in [-0.39, 0.29) is 17.8 Å². The fourth-order valence-electron chi connectivity index (χ4n) is 3.06. The molecule has 1 amide bonds. The summed E-state index contributed by atoms with van der Waals surface area (Å²) >= 11 is 0. The second kappa shape index (κ2) is 6.50. The van der Waals surface area contributed by atoms with E-state index in [4.69, 9.17) is 0 Å². The average molecular weight is 317 g/mol. The third kappa shape index (κ3) is 3.42. The first kappa shape index (κ1) is 15.7. The van der Waals surface area contributed by atoms with E-state index in [1.165, 1.54) is 12.1 Å². The van der Waals surface area contributed by atoms with E-state index in [9.17, 15) is 14.3 Å². The van der Waals surface area contributed by atoms with Crippen LogP contribution in [0.2, 0.25) is 0 Å². The van der Waals surface area contributed by atoms with Crippen molar-refractivity contribution in [2.24, 2.45) is 0 Å². The number of carbonyl (C=O) groups excluding carboxylic acids is 1. The Bertz CT molecular complexity index is 681. The van der Waals surface area contributed by atoms with E-state index in [1.54, 1.807) is 40.9 Å². The normalized spacial score (nSPS) is 19.1. The molecular formula is C17H20FN3O2. The number of halogens is 1. The summed E-state index contributed by atoms with van der Waals surface area (Å²) in [4.78, 5) is 14.4. The molecule has 0 bridgehead atoms. The van der Waals surface area contributed by atoms with Crippen molar-refractivity contribution in [3.05, 3.63) is 48.0 Å². The number of aliphatic hydroxyl groups excluding tert-OH is 1. The molecule has 6 heteroatoms. The second-order valence-electron chi connectivity index (χ2n) is 6.00. The summed E-state index contributed by atoms with van der Waals surface area (Å²) < 4.78 is 14.5. The number of hydrogen-bond donors (Lipinski definition) is 1. The number of aromatic nitrogens is 2. The largest absolute Gasteiger partial charge is 0.393 e. The molecule has 0 spiro atoms. The highest BCUT2D eigenvalue weighted by Gasteiger charge is 2.31. The molecule has 3 rings (SSSR count). The summed E-state index contributed by atoms with van der Waals surface area (Å²) in [5, 5.41) is 13.9. The monoisotopic (exact) mass is 317 g/mol. The van der Waals surface area contributed by atoms with Crippen LogP contribution in [0, 0.1) is 5.82 Å². The van der Waals surface area contributed by atoms with Crippen LogP contribution in [-0.4, -0.2) is 44.4 Å². The molecule has 1 fully saturated rings. The van der Waals surface area contributed by atoms with Gasteiger partial charge in [-0.15, -0.1) is 0 Å². The number of aliphatic hydroxyl groups is 1. The molecule has 2 heterocycles. The number of likely N-dealkylation sites (tertiary alicyclic amines) is 1. The molecule has 5 nitrogen and oxygen atoms in total. The molecule has 2 aromatic rings. The Hall–Kier alpha value is -2.21. The lowest BCUT2D eigenvalue weighted by Gasteiger charge is -2.24. The Balaban J connectivity index is 1.77. The maximum atomic E-state index is 13.0. The van der Waals surface area contributed by atoms with E-state index in [1.807, 2.05) is 0 Å². The fraction of sp³-hybridized carbons (Fsp3) is 0.412. The number of rotatable bonds is 4. The Morgan fingerprint density at radius 3 is 2.83 bits per heavy atom. The van der Waals surface area contributed by atoms with Crippen LogP contribution in [0.3, 0.4) is 0 Å². The van der Waals surface area contributed by atoms with E-state index in [2.05, 4.69) is 5.10 Å². The Kier molecular flexibility index (Phi) is 4.43. The third-order valence-corrected chi connectivity index (χ3v) is 4.15. The number of hydrogen-bond acceptors (Lipinski definition) is 3. The van der Waals surface area contributed by atoms with E-state index in [0.717, 1.165) is 12.8 Å². The molecule has 1 aromatic heterocycles.